The second-order valence-corrected chi connectivity index (χ2v) is 21.7. The summed E-state index contributed by atoms with van der Waals surface area (Å²) in [6.07, 6.45) is 6.74. The van der Waals surface area contributed by atoms with Crippen molar-refractivity contribution in [3.8, 4) is 28.3 Å². The molecule has 1 aliphatic heterocycles. The minimum atomic E-state index is -3.56. The molecule has 0 spiro atoms. The largest absolute Gasteiger partial charge is 0.478 e. The van der Waals surface area contributed by atoms with Gasteiger partial charge in [0.2, 0.25) is 23.1 Å². The number of aromatic nitrogens is 5. The number of aromatic carboxylic acids is 1. The lowest BCUT2D eigenvalue weighted by Crippen LogP contribution is -2.26. The highest BCUT2D eigenvalue weighted by Gasteiger charge is 2.25. The van der Waals surface area contributed by atoms with E-state index >= 15 is 0 Å². The molecule has 19 nitrogen and oxygen atoms in total. The molecule has 0 atom stereocenters. The Morgan fingerprint density at radius 1 is 0.800 bits per heavy atom. The van der Waals surface area contributed by atoms with Crippen molar-refractivity contribution < 1.29 is 41.9 Å². The number of nitrogens with two attached hydrogens (primary N) is 1. The smallest absolute Gasteiger partial charge is 0.336 e. The molecular formula is C60H61N10O9S+. The second-order valence-electron chi connectivity index (χ2n) is 19.7. The van der Waals surface area contributed by atoms with Crippen LogP contribution >= 0.6 is 0 Å². The van der Waals surface area contributed by atoms with Gasteiger partial charge in [-0.05, 0) is 102 Å². The number of rotatable bonds is 24. The molecule has 0 fully saturated rings. The van der Waals surface area contributed by atoms with E-state index in [0.717, 1.165) is 40.6 Å². The van der Waals surface area contributed by atoms with Gasteiger partial charge in [0, 0.05) is 92.0 Å². The molecule has 6 N–H and O–H groups in total. The number of ether oxygens (including phenoxy) is 1. The third-order valence-electron chi connectivity index (χ3n) is 13.6. The van der Waals surface area contributed by atoms with Crippen LogP contribution in [0, 0.1) is 0 Å². The molecule has 3 aromatic heterocycles. The average Bonchev–Trinajstić information content (AvgIpc) is 3.96. The standard InChI is InChI=1S/C60H60N10O9S/c1-69(2)43-20-25-48-51(32-43)79-52-33-44(70(3)29-9-12-53(72)63-28-7-4-5-11-45(71)30-38-17-22-46(23-18-38)80(76,77)36-42-10-6-8-27-62-42)21-26-49(52)54(48)50-31-41(19-24-47(50)59(74)75)57(73)64-34-39-13-15-40(16-14-39)35-78-58-55-56(66-37-65-55)67-60(61)68-58/h6,8,10,13-27,31-33,37H,4-5,7,9,11-12,28-30,34-36H2,1-3H3,(H5-,61,63,64,65,66,67,68,72,73,74,75)/p+1. The van der Waals surface area contributed by atoms with Crippen molar-refractivity contribution in [1.29, 1.82) is 0 Å². The van der Waals surface area contributed by atoms with Crippen LogP contribution in [0.5, 0.6) is 5.88 Å². The molecule has 80 heavy (non-hydrogen) atoms. The van der Waals surface area contributed by atoms with E-state index in [0.29, 0.717) is 89.1 Å². The first-order chi connectivity index (χ1) is 38.6. The number of hydrogen-bond donors (Lipinski definition) is 5. The number of carboxylic acid groups (broad SMARTS) is 1. The lowest BCUT2D eigenvalue weighted by Gasteiger charge is -2.21. The number of hydrogen-bond acceptors (Lipinski definition) is 14. The number of unbranched alkanes of at least 4 members (excludes halogenated alkanes) is 2. The van der Waals surface area contributed by atoms with Crippen LogP contribution in [0.1, 0.15) is 81.6 Å². The summed E-state index contributed by atoms with van der Waals surface area (Å²) in [5.74, 6) is -0.880. The number of Topliss-reactive ketones (excluding diaryl/α,β-unsaturated/α-hetero) is 1. The zero-order chi connectivity index (χ0) is 56.3. The van der Waals surface area contributed by atoms with Gasteiger partial charge in [-0.15, -0.1) is 0 Å². The van der Waals surface area contributed by atoms with E-state index in [-0.39, 0.29) is 70.8 Å². The maximum Gasteiger partial charge on any atom is 0.336 e. The highest BCUT2D eigenvalue weighted by Crippen LogP contribution is 2.42. The van der Waals surface area contributed by atoms with Crippen LogP contribution in [0.25, 0.3) is 44.6 Å². The molecule has 1 aliphatic carbocycles. The van der Waals surface area contributed by atoms with Gasteiger partial charge in [-0.2, -0.15) is 9.97 Å². The van der Waals surface area contributed by atoms with Crippen molar-refractivity contribution in [2.45, 2.75) is 68.7 Å². The highest BCUT2D eigenvalue weighted by molar-refractivity contribution is 7.90. The van der Waals surface area contributed by atoms with E-state index in [1.165, 1.54) is 30.6 Å². The lowest BCUT2D eigenvalue weighted by molar-refractivity contribution is -0.121. The highest BCUT2D eigenvalue weighted by atomic mass is 32.2. The summed E-state index contributed by atoms with van der Waals surface area (Å²) in [5, 5.41) is 18.0. The third-order valence-corrected chi connectivity index (χ3v) is 15.3. The Labute approximate surface area is 461 Å². The summed E-state index contributed by atoms with van der Waals surface area (Å²) in [6.45, 7) is 1.47. The van der Waals surface area contributed by atoms with Crippen molar-refractivity contribution >= 4 is 67.2 Å². The molecule has 0 unspecified atom stereocenters. The first kappa shape index (κ1) is 55.5. The summed E-state index contributed by atoms with van der Waals surface area (Å²) < 4.78 is 40.1. The van der Waals surface area contributed by atoms with Crippen LogP contribution < -0.4 is 35.9 Å². The van der Waals surface area contributed by atoms with E-state index in [1.54, 1.807) is 42.6 Å². The van der Waals surface area contributed by atoms with Crippen molar-refractivity contribution in [3.63, 3.8) is 0 Å². The molecule has 7 aromatic rings. The van der Waals surface area contributed by atoms with Gasteiger partial charge in [-0.25, -0.2) is 22.8 Å². The number of carbonyl (C=O) groups is 4. The quantitative estimate of drug-likeness (QED) is 0.0220. The fourth-order valence-corrected chi connectivity index (χ4v) is 10.6. The number of carboxylic acids is 1. The Bertz CT molecular complexity index is 3880. The summed E-state index contributed by atoms with van der Waals surface area (Å²) >= 11 is 0. The molecule has 9 rings (SSSR count). The Morgan fingerprint density at radius 3 is 2.35 bits per heavy atom. The van der Waals surface area contributed by atoms with E-state index < -0.39 is 15.8 Å². The van der Waals surface area contributed by atoms with Crippen LogP contribution in [0.4, 0.5) is 11.6 Å². The number of sulfone groups is 1. The van der Waals surface area contributed by atoms with Crippen molar-refractivity contribution in [2.24, 2.45) is 0 Å². The Kier molecular flexibility index (Phi) is 17.3. The Balaban J connectivity index is 0.786. The van der Waals surface area contributed by atoms with Gasteiger partial charge in [0.15, 0.2) is 15.5 Å². The van der Waals surface area contributed by atoms with Gasteiger partial charge >= 0.3 is 5.97 Å². The first-order valence-corrected chi connectivity index (χ1v) is 27.8. The number of ketones is 1. The molecule has 0 saturated carbocycles. The number of carbonyl (C=O) groups excluding carboxylic acids is 3. The molecular weight excluding hydrogens is 1040 g/mol. The summed E-state index contributed by atoms with van der Waals surface area (Å²) in [6, 6.07) is 35.2. The molecule has 20 heteroatoms. The zero-order valence-electron chi connectivity index (χ0n) is 44.6. The topological polar surface area (TPSA) is 269 Å². The number of nitrogen functional groups attached to an aromatic ring is 1. The minimum Gasteiger partial charge on any atom is -0.478 e. The summed E-state index contributed by atoms with van der Waals surface area (Å²) in [7, 11) is 2.21. The SMILES string of the molecule is CN(CCCC(=O)NCCCCCC(=O)Cc1ccc(S(=O)(=O)Cc2ccccn2)cc1)c1ccc2c(-c3cc(C(=O)NCc4ccc(COc5nc(N)nc6nc[nH]c56)cc4)ccc3C(=O)O)c3ccc(=[N+](C)C)cc-3oc2c1. The van der Waals surface area contributed by atoms with E-state index in [4.69, 9.17) is 14.9 Å². The van der Waals surface area contributed by atoms with Crippen LogP contribution in [-0.2, 0) is 44.8 Å². The molecule has 0 saturated heterocycles. The molecule has 410 valence electrons. The van der Waals surface area contributed by atoms with Crippen molar-refractivity contribution in [3.05, 3.63) is 173 Å². The number of imidazole rings is 1. The second kappa shape index (κ2) is 25.0. The van der Waals surface area contributed by atoms with Crippen molar-refractivity contribution in [2.75, 3.05) is 44.9 Å². The number of nitrogens with zero attached hydrogens (tertiary/aromatic N) is 6. The van der Waals surface area contributed by atoms with E-state index in [2.05, 4.69) is 35.6 Å². The van der Waals surface area contributed by atoms with Crippen molar-refractivity contribution in [1.82, 2.24) is 40.1 Å². The van der Waals surface area contributed by atoms with Gasteiger partial charge in [-0.3, -0.25) is 19.4 Å². The van der Waals surface area contributed by atoms with E-state index in [1.807, 2.05) is 91.3 Å². The maximum absolute atomic E-state index is 13.8. The number of aromatic amines is 1. The number of fused-ring (bicyclic) bond motifs is 3. The lowest BCUT2D eigenvalue weighted by atomic mass is 9.89. The van der Waals surface area contributed by atoms with Crippen LogP contribution in [0.2, 0.25) is 0 Å². The molecule has 0 radical (unpaired) electrons. The molecule has 4 aromatic carbocycles. The van der Waals surface area contributed by atoms with Crippen LogP contribution in [-0.4, -0.2) is 96.2 Å². The van der Waals surface area contributed by atoms with Gasteiger partial charge in [0.25, 0.3) is 5.91 Å². The summed E-state index contributed by atoms with van der Waals surface area (Å²) in [4.78, 5) is 74.0. The maximum atomic E-state index is 13.8. The Hall–Kier alpha value is -9.30. The molecule has 4 heterocycles. The average molecular weight is 1100 g/mol. The predicted molar refractivity (Wildman–Crippen MR) is 305 cm³/mol. The Morgan fingerprint density at radius 2 is 1.59 bits per heavy atom. The molecule has 2 amide bonds. The number of benzene rings is 5. The number of anilines is 2. The minimum absolute atomic E-state index is 0.0164. The fraction of sp³-hybridized carbons (Fsp3) is 0.250. The van der Waals surface area contributed by atoms with Gasteiger partial charge in [-0.1, -0.05) is 48.9 Å². The van der Waals surface area contributed by atoms with Gasteiger partial charge in [0.05, 0.1) is 34.3 Å². The zero-order valence-corrected chi connectivity index (χ0v) is 45.4. The number of pyridine rings is 1. The number of H-pyrrole nitrogens is 1. The molecule has 0 bridgehead atoms. The fourth-order valence-electron chi connectivity index (χ4n) is 9.31. The third kappa shape index (κ3) is 13.7. The number of amides is 2. The van der Waals surface area contributed by atoms with Gasteiger partial charge in [0.1, 0.15) is 43.3 Å². The monoisotopic (exact) mass is 1100 g/mol. The number of nitrogens with one attached hydrogen (secondary N) is 3. The first-order valence-electron chi connectivity index (χ1n) is 26.1. The van der Waals surface area contributed by atoms with Crippen LogP contribution in [0.15, 0.2) is 143 Å². The molecule has 2 aliphatic rings. The predicted octanol–water partition coefficient (Wildman–Crippen LogP) is 7.77. The van der Waals surface area contributed by atoms with E-state index in [9.17, 15) is 32.7 Å². The summed E-state index contributed by atoms with van der Waals surface area (Å²) in [5.41, 5.74) is 12.9. The normalized spacial score (nSPS) is 11.4. The van der Waals surface area contributed by atoms with Crippen LogP contribution in [0.3, 0.4) is 0 Å². The van der Waals surface area contributed by atoms with Gasteiger partial charge < -0.3 is 40.5 Å².